The largest absolute Gasteiger partial charge is 4.00 e. The molecule has 0 amide bonds. The van der Waals surface area contributed by atoms with Crippen molar-refractivity contribution >= 4 is 0 Å². The van der Waals surface area contributed by atoms with E-state index < -0.39 is 0 Å². The van der Waals surface area contributed by atoms with Crippen molar-refractivity contribution in [3.63, 3.8) is 0 Å². The van der Waals surface area contributed by atoms with Gasteiger partial charge in [0.25, 0.3) is 0 Å². The molecule has 0 unspecified atom stereocenters. The molecule has 0 spiro atoms. The second-order valence-corrected chi connectivity index (χ2v) is 2.53. The number of nitrogens with zero attached hydrogens (tertiary/aromatic N) is 4. The van der Waals surface area contributed by atoms with E-state index in [0.29, 0.717) is 0 Å². The molecular weight excluding hydrogens is 296 g/mol. The average Bonchev–Trinajstić information content (AvgIpc) is 2.39. The first-order valence-electron chi connectivity index (χ1n) is 5.88. The van der Waals surface area contributed by atoms with Gasteiger partial charge in [-0.15, -0.1) is 0 Å². The van der Waals surface area contributed by atoms with E-state index in [2.05, 4.69) is 21.3 Å². The Hall–Kier alpha value is 0.528. The summed E-state index contributed by atoms with van der Waals surface area (Å²) in [6.45, 7) is 11.8. The summed E-state index contributed by atoms with van der Waals surface area (Å²) in [7, 11) is 7.22. The smallest absolute Gasteiger partial charge is 0.665 e. The predicted octanol–water partition coefficient (Wildman–Crippen LogP) is 4.04. The van der Waals surface area contributed by atoms with E-state index in [9.17, 15) is 0 Å². The molecule has 0 atom stereocenters. The fraction of sp³-hybridized carbons (Fsp3) is 1.00. The van der Waals surface area contributed by atoms with Gasteiger partial charge in [0, 0.05) is 0 Å². The van der Waals surface area contributed by atoms with Gasteiger partial charge in [-0.05, 0) is 0 Å². The van der Waals surface area contributed by atoms with Crippen LogP contribution in [0.3, 0.4) is 0 Å². The van der Waals surface area contributed by atoms with Gasteiger partial charge >= 0.3 is 21.1 Å². The van der Waals surface area contributed by atoms with Crippen LogP contribution in [0.1, 0.15) is 27.7 Å². The summed E-state index contributed by atoms with van der Waals surface area (Å²) >= 11 is 0. The van der Waals surface area contributed by atoms with Gasteiger partial charge in [-0.3, -0.25) is 0 Å². The number of hydrogen-bond acceptors (Lipinski definition) is 0. The van der Waals surface area contributed by atoms with Crippen molar-refractivity contribution in [2.24, 2.45) is 0 Å². The zero-order valence-electron chi connectivity index (χ0n) is 13.0. The summed E-state index contributed by atoms with van der Waals surface area (Å²) in [5.74, 6) is 0. The van der Waals surface area contributed by atoms with E-state index in [0.717, 1.165) is 26.2 Å². The summed E-state index contributed by atoms with van der Waals surface area (Å²) in [5.41, 5.74) is 0. The first-order chi connectivity index (χ1) is 7.66. The van der Waals surface area contributed by atoms with Gasteiger partial charge in [0.05, 0.1) is 0 Å². The van der Waals surface area contributed by atoms with Crippen molar-refractivity contribution in [1.29, 1.82) is 0 Å². The number of hydrogen-bond donors (Lipinski definition) is 0. The van der Waals surface area contributed by atoms with Crippen molar-refractivity contribution in [2.75, 3.05) is 54.4 Å². The van der Waals surface area contributed by atoms with Gasteiger partial charge in [0.15, 0.2) is 0 Å². The molecule has 0 bridgehead atoms. The Morgan fingerprint density at radius 2 is 0.529 bits per heavy atom. The maximum absolute atomic E-state index is 3.74. The van der Waals surface area contributed by atoms with E-state index in [-0.39, 0.29) is 21.1 Å². The molecule has 4 nitrogen and oxygen atoms in total. The van der Waals surface area contributed by atoms with E-state index in [4.69, 9.17) is 0 Å². The molecule has 0 heterocycles. The summed E-state index contributed by atoms with van der Waals surface area (Å²) in [4.78, 5) is 0. The summed E-state index contributed by atoms with van der Waals surface area (Å²) in [5, 5.41) is 14.9. The molecule has 0 aromatic heterocycles. The molecule has 0 fully saturated rings. The van der Waals surface area contributed by atoms with E-state index in [1.54, 1.807) is 28.2 Å². The minimum absolute atomic E-state index is 0. The van der Waals surface area contributed by atoms with Crippen LogP contribution in [0.15, 0.2) is 0 Å². The van der Waals surface area contributed by atoms with Crippen molar-refractivity contribution in [3.8, 4) is 0 Å². The molecule has 17 heavy (non-hydrogen) atoms. The SMILES string of the molecule is CC[N-]C.CC[N-]C.CC[N-]C.CC[N-]C.[Mo+4]. The van der Waals surface area contributed by atoms with Crippen LogP contribution in [0.25, 0.3) is 21.3 Å². The summed E-state index contributed by atoms with van der Waals surface area (Å²) < 4.78 is 0. The topological polar surface area (TPSA) is 56.4 Å². The normalized spacial score (nSPS) is 7.06. The molecule has 0 saturated heterocycles. The van der Waals surface area contributed by atoms with Crippen LogP contribution >= 0.6 is 0 Å². The molecule has 0 rings (SSSR count). The van der Waals surface area contributed by atoms with Crippen LogP contribution in [0.5, 0.6) is 0 Å². The van der Waals surface area contributed by atoms with Crippen molar-refractivity contribution in [2.45, 2.75) is 27.7 Å². The first-order valence-corrected chi connectivity index (χ1v) is 5.88. The molecule has 5 heteroatoms. The Kier molecular flexibility index (Phi) is 98.3. The van der Waals surface area contributed by atoms with Gasteiger partial charge in [0.2, 0.25) is 0 Å². The quantitative estimate of drug-likeness (QED) is 0.700. The first kappa shape index (κ1) is 30.5. The third-order valence-electron chi connectivity index (χ3n) is 1.26. The van der Waals surface area contributed by atoms with Gasteiger partial charge in [-0.2, -0.15) is 54.4 Å². The Balaban J connectivity index is -0.0000000369. The van der Waals surface area contributed by atoms with Gasteiger partial charge < -0.3 is 21.3 Å². The Morgan fingerprint density at radius 3 is 0.529 bits per heavy atom. The monoisotopic (exact) mass is 330 g/mol. The zero-order valence-corrected chi connectivity index (χ0v) is 15.0. The third kappa shape index (κ3) is 170. The number of rotatable bonds is 4. The average molecular weight is 328 g/mol. The summed E-state index contributed by atoms with van der Waals surface area (Å²) in [6, 6.07) is 0. The fourth-order valence-corrected chi connectivity index (χ4v) is 0. The second-order valence-electron chi connectivity index (χ2n) is 2.53. The van der Waals surface area contributed by atoms with E-state index >= 15 is 0 Å². The zero-order chi connectivity index (χ0) is 13.7. The van der Waals surface area contributed by atoms with Crippen LogP contribution in [0, 0.1) is 0 Å². The Morgan fingerprint density at radius 1 is 0.471 bits per heavy atom. The Bertz CT molecular complexity index is 42.5. The van der Waals surface area contributed by atoms with Crippen LogP contribution in [0.2, 0.25) is 0 Å². The van der Waals surface area contributed by atoms with Crippen LogP contribution in [-0.2, 0) is 21.1 Å². The molecule has 0 aromatic rings. The molecule has 0 radical (unpaired) electrons. The summed E-state index contributed by atoms with van der Waals surface area (Å²) in [6.07, 6.45) is 0. The van der Waals surface area contributed by atoms with Crippen molar-refractivity contribution in [3.05, 3.63) is 21.3 Å². The fourth-order valence-electron chi connectivity index (χ4n) is 0. The van der Waals surface area contributed by atoms with Gasteiger partial charge in [0.1, 0.15) is 0 Å². The molecule has 0 saturated carbocycles. The molecule has 0 aliphatic heterocycles. The molecule has 106 valence electrons. The molecule has 0 N–H and O–H groups in total. The van der Waals surface area contributed by atoms with Crippen LogP contribution in [-0.4, -0.2) is 54.4 Å². The van der Waals surface area contributed by atoms with Crippen LogP contribution in [0.4, 0.5) is 0 Å². The minimum Gasteiger partial charge on any atom is -0.665 e. The second kappa shape index (κ2) is 54.8. The third-order valence-corrected chi connectivity index (χ3v) is 1.26. The maximum atomic E-state index is 3.74. The van der Waals surface area contributed by atoms with Crippen molar-refractivity contribution < 1.29 is 21.1 Å². The maximum Gasteiger partial charge on any atom is 4.00 e. The van der Waals surface area contributed by atoms with Crippen molar-refractivity contribution in [1.82, 2.24) is 0 Å². The molecule has 0 aliphatic rings. The van der Waals surface area contributed by atoms with E-state index in [1.165, 1.54) is 0 Å². The molecular formula is C12H32MoN4. The Labute approximate surface area is 124 Å². The standard InChI is InChI=1S/4C3H8N.Mo/c4*1-3-4-2;/h4*3H2,1-2H3;/q4*-1;+4. The predicted molar refractivity (Wildman–Crippen MR) is 79.3 cm³/mol. The van der Waals surface area contributed by atoms with Crippen LogP contribution < -0.4 is 0 Å². The molecule has 0 aliphatic carbocycles. The molecule has 0 aromatic carbocycles. The van der Waals surface area contributed by atoms with Gasteiger partial charge in [-0.1, -0.05) is 27.7 Å². The van der Waals surface area contributed by atoms with E-state index in [1.807, 2.05) is 27.7 Å². The minimum atomic E-state index is 0. The van der Waals surface area contributed by atoms with Gasteiger partial charge in [-0.25, -0.2) is 0 Å².